The van der Waals surface area contributed by atoms with Crippen LogP contribution in [0.1, 0.15) is 5.56 Å². The van der Waals surface area contributed by atoms with E-state index >= 15 is 0 Å². The van der Waals surface area contributed by atoms with Crippen LogP contribution >= 0.6 is 0 Å². The molecule has 0 spiro atoms. The van der Waals surface area contributed by atoms with E-state index in [2.05, 4.69) is 4.98 Å². The summed E-state index contributed by atoms with van der Waals surface area (Å²) in [4.78, 5) is 18.7. The number of benzene rings is 3. The summed E-state index contributed by atoms with van der Waals surface area (Å²) in [5.74, 6) is 0.996. The predicted octanol–water partition coefficient (Wildman–Crippen LogP) is 5.95. The third kappa shape index (κ3) is 3.96. The fraction of sp³-hybridized carbons (Fsp3) is 0.0370. The lowest BCUT2D eigenvalue weighted by molar-refractivity contribution is 0.477. The highest BCUT2D eigenvalue weighted by Gasteiger charge is 2.15. The number of phenolic OH excluding ortho intramolecular Hbond substituents is 1. The van der Waals surface area contributed by atoms with Crippen molar-refractivity contribution in [3.63, 3.8) is 0 Å². The SMILES string of the molecule is Cc1ccc(O)c(-c2cc(-c3ccccc3)nc(-c3nccc(-c4ccccc4)n3)n2)c1. The van der Waals surface area contributed by atoms with Crippen molar-refractivity contribution in [2.75, 3.05) is 0 Å². The Hall–Kier alpha value is -4.38. The van der Waals surface area contributed by atoms with Crippen LogP contribution in [0.2, 0.25) is 0 Å². The molecule has 5 rings (SSSR count). The highest BCUT2D eigenvalue weighted by molar-refractivity contribution is 5.74. The van der Waals surface area contributed by atoms with Gasteiger partial charge in [0, 0.05) is 22.9 Å². The number of aromatic hydroxyl groups is 1. The van der Waals surface area contributed by atoms with Crippen LogP contribution in [0.3, 0.4) is 0 Å². The molecular formula is C27H20N4O. The van der Waals surface area contributed by atoms with Gasteiger partial charge in [0.2, 0.25) is 0 Å². The summed E-state index contributed by atoms with van der Waals surface area (Å²) in [6.07, 6.45) is 1.72. The summed E-state index contributed by atoms with van der Waals surface area (Å²) >= 11 is 0. The molecule has 0 bridgehead atoms. The molecule has 32 heavy (non-hydrogen) atoms. The Kier molecular flexibility index (Phi) is 5.14. The summed E-state index contributed by atoms with van der Waals surface area (Å²) in [5, 5.41) is 10.5. The molecule has 0 atom stereocenters. The smallest absolute Gasteiger partial charge is 0.198 e. The Balaban J connectivity index is 1.70. The van der Waals surface area contributed by atoms with E-state index in [0.717, 1.165) is 28.1 Å². The van der Waals surface area contributed by atoms with Crippen LogP contribution in [0, 0.1) is 6.92 Å². The molecule has 0 aliphatic carbocycles. The summed E-state index contributed by atoms with van der Waals surface area (Å²) in [6, 6.07) is 29.0. The zero-order chi connectivity index (χ0) is 21.9. The minimum absolute atomic E-state index is 0.165. The van der Waals surface area contributed by atoms with Crippen molar-refractivity contribution in [1.82, 2.24) is 19.9 Å². The molecule has 5 nitrogen and oxygen atoms in total. The topological polar surface area (TPSA) is 71.8 Å². The molecule has 0 aliphatic heterocycles. The van der Waals surface area contributed by atoms with Crippen molar-refractivity contribution in [3.8, 4) is 51.2 Å². The van der Waals surface area contributed by atoms with Gasteiger partial charge in [-0.15, -0.1) is 0 Å². The first-order valence-corrected chi connectivity index (χ1v) is 10.3. The monoisotopic (exact) mass is 416 g/mol. The molecule has 0 saturated heterocycles. The lowest BCUT2D eigenvalue weighted by Crippen LogP contribution is -2.00. The number of nitrogens with zero attached hydrogens (tertiary/aromatic N) is 4. The highest BCUT2D eigenvalue weighted by atomic mass is 16.3. The van der Waals surface area contributed by atoms with E-state index in [-0.39, 0.29) is 5.75 Å². The van der Waals surface area contributed by atoms with Crippen molar-refractivity contribution < 1.29 is 5.11 Å². The third-order valence-corrected chi connectivity index (χ3v) is 5.15. The maximum absolute atomic E-state index is 10.5. The molecule has 5 heteroatoms. The number of hydrogen-bond acceptors (Lipinski definition) is 5. The van der Waals surface area contributed by atoms with Crippen LogP contribution in [0.15, 0.2) is 97.2 Å². The van der Waals surface area contributed by atoms with E-state index in [1.165, 1.54) is 0 Å². The number of aromatic nitrogens is 4. The van der Waals surface area contributed by atoms with Crippen LogP contribution in [0.4, 0.5) is 0 Å². The van der Waals surface area contributed by atoms with Gasteiger partial charge in [-0.2, -0.15) is 0 Å². The molecule has 1 N–H and O–H groups in total. The largest absolute Gasteiger partial charge is 0.507 e. The lowest BCUT2D eigenvalue weighted by Gasteiger charge is -2.10. The maximum atomic E-state index is 10.5. The van der Waals surface area contributed by atoms with E-state index in [0.29, 0.717) is 22.9 Å². The Morgan fingerprint density at radius 1 is 0.594 bits per heavy atom. The first-order chi connectivity index (χ1) is 15.7. The van der Waals surface area contributed by atoms with Gasteiger partial charge in [0.05, 0.1) is 17.1 Å². The second kappa shape index (κ2) is 8.40. The Bertz CT molecular complexity index is 1390. The van der Waals surface area contributed by atoms with Crippen molar-refractivity contribution in [2.45, 2.75) is 6.92 Å². The molecule has 2 heterocycles. The van der Waals surface area contributed by atoms with E-state index in [1.807, 2.05) is 91.9 Å². The lowest BCUT2D eigenvalue weighted by atomic mass is 10.0. The number of aryl methyl sites for hydroxylation is 1. The average Bonchev–Trinajstić information content (AvgIpc) is 2.86. The first kappa shape index (κ1) is 19.6. The van der Waals surface area contributed by atoms with Gasteiger partial charge in [0.15, 0.2) is 11.6 Å². The molecule has 0 radical (unpaired) electrons. The molecule has 3 aromatic carbocycles. The minimum Gasteiger partial charge on any atom is -0.507 e. The zero-order valence-electron chi connectivity index (χ0n) is 17.5. The van der Waals surface area contributed by atoms with Crippen LogP contribution < -0.4 is 0 Å². The van der Waals surface area contributed by atoms with Crippen LogP contribution in [0.5, 0.6) is 5.75 Å². The average molecular weight is 416 g/mol. The van der Waals surface area contributed by atoms with Gasteiger partial charge in [-0.3, -0.25) is 0 Å². The summed E-state index contributed by atoms with van der Waals surface area (Å²) < 4.78 is 0. The van der Waals surface area contributed by atoms with E-state index in [4.69, 9.17) is 15.0 Å². The molecule has 0 amide bonds. The van der Waals surface area contributed by atoms with Gasteiger partial charge in [-0.25, -0.2) is 19.9 Å². The molecular weight excluding hydrogens is 396 g/mol. The summed E-state index contributed by atoms with van der Waals surface area (Å²) in [5.41, 5.74) is 5.76. The van der Waals surface area contributed by atoms with Gasteiger partial charge < -0.3 is 5.11 Å². The van der Waals surface area contributed by atoms with Gasteiger partial charge in [0.25, 0.3) is 0 Å². The standard InChI is InChI=1S/C27H20N4O/c1-18-12-13-25(32)21(16-18)24-17-23(20-10-6-3-7-11-20)30-27(31-24)26-28-15-14-22(29-26)19-8-4-2-5-9-19/h2-17,32H,1H3. The van der Waals surface area contributed by atoms with Crippen molar-refractivity contribution in [3.05, 3.63) is 103 Å². The Morgan fingerprint density at radius 2 is 1.22 bits per heavy atom. The summed E-state index contributed by atoms with van der Waals surface area (Å²) in [6.45, 7) is 1.98. The molecule has 2 aromatic heterocycles. The van der Waals surface area contributed by atoms with E-state index in [1.54, 1.807) is 12.3 Å². The van der Waals surface area contributed by atoms with Crippen molar-refractivity contribution >= 4 is 0 Å². The number of hydrogen-bond donors (Lipinski definition) is 1. The van der Waals surface area contributed by atoms with E-state index in [9.17, 15) is 5.11 Å². The van der Waals surface area contributed by atoms with Gasteiger partial charge in [0.1, 0.15) is 5.75 Å². The molecule has 0 unspecified atom stereocenters. The molecule has 0 saturated carbocycles. The Labute approximate surface area is 186 Å². The molecule has 0 fully saturated rings. The van der Waals surface area contributed by atoms with Crippen molar-refractivity contribution in [2.24, 2.45) is 0 Å². The number of phenols is 1. The highest BCUT2D eigenvalue weighted by Crippen LogP contribution is 2.32. The second-order valence-electron chi connectivity index (χ2n) is 7.48. The van der Waals surface area contributed by atoms with Gasteiger partial charge in [-0.05, 0) is 31.2 Å². The van der Waals surface area contributed by atoms with Gasteiger partial charge in [-0.1, -0.05) is 72.3 Å². The molecule has 5 aromatic rings. The third-order valence-electron chi connectivity index (χ3n) is 5.15. The maximum Gasteiger partial charge on any atom is 0.198 e. The fourth-order valence-corrected chi connectivity index (χ4v) is 3.53. The van der Waals surface area contributed by atoms with Gasteiger partial charge >= 0.3 is 0 Å². The quantitative estimate of drug-likeness (QED) is 0.392. The van der Waals surface area contributed by atoms with E-state index < -0.39 is 0 Å². The van der Waals surface area contributed by atoms with Crippen LogP contribution in [-0.2, 0) is 0 Å². The normalized spacial score (nSPS) is 10.8. The first-order valence-electron chi connectivity index (χ1n) is 10.3. The second-order valence-corrected chi connectivity index (χ2v) is 7.48. The fourth-order valence-electron chi connectivity index (χ4n) is 3.53. The van der Waals surface area contributed by atoms with Crippen LogP contribution in [0.25, 0.3) is 45.4 Å². The predicted molar refractivity (Wildman–Crippen MR) is 126 cm³/mol. The number of rotatable bonds is 4. The molecule has 154 valence electrons. The summed E-state index contributed by atoms with van der Waals surface area (Å²) in [7, 11) is 0. The van der Waals surface area contributed by atoms with Crippen LogP contribution in [-0.4, -0.2) is 25.0 Å². The zero-order valence-corrected chi connectivity index (χ0v) is 17.5. The van der Waals surface area contributed by atoms with Crippen molar-refractivity contribution in [1.29, 1.82) is 0 Å². The molecule has 0 aliphatic rings. The minimum atomic E-state index is 0.165. The Morgan fingerprint density at radius 3 is 1.94 bits per heavy atom.